The molecule has 1 aromatic heterocycles. The van der Waals surface area contributed by atoms with Crippen LogP contribution in [0.5, 0.6) is 0 Å². The van der Waals surface area contributed by atoms with E-state index in [2.05, 4.69) is 10.4 Å². The Morgan fingerprint density at radius 1 is 1.12 bits per heavy atom. The van der Waals surface area contributed by atoms with Crippen LogP contribution in [0.15, 0.2) is 71.9 Å². The highest BCUT2D eigenvalue weighted by molar-refractivity contribution is 7.99. The number of nitrogens with one attached hydrogen (secondary N) is 1. The Morgan fingerprint density at radius 2 is 1.88 bits per heavy atom. The van der Waals surface area contributed by atoms with E-state index in [9.17, 15) is 9.18 Å². The monoisotopic (exact) mass is 369 g/mol. The van der Waals surface area contributed by atoms with Crippen molar-refractivity contribution in [1.29, 1.82) is 0 Å². The normalized spacial score (nSPS) is 10.7. The van der Waals surface area contributed by atoms with Crippen LogP contribution in [0.2, 0.25) is 0 Å². The van der Waals surface area contributed by atoms with E-state index >= 15 is 0 Å². The lowest BCUT2D eigenvalue weighted by Gasteiger charge is -2.05. The zero-order chi connectivity index (χ0) is 18.2. The van der Waals surface area contributed by atoms with Gasteiger partial charge in [0.2, 0.25) is 5.91 Å². The summed E-state index contributed by atoms with van der Waals surface area (Å²) in [7, 11) is 0. The van der Waals surface area contributed by atoms with E-state index < -0.39 is 0 Å². The van der Waals surface area contributed by atoms with Gasteiger partial charge >= 0.3 is 0 Å². The highest BCUT2D eigenvalue weighted by atomic mass is 32.2. The molecule has 0 aliphatic carbocycles. The van der Waals surface area contributed by atoms with E-state index in [0.29, 0.717) is 23.6 Å². The molecule has 0 bridgehead atoms. The second kappa shape index (κ2) is 9.20. The van der Waals surface area contributed by atoms with Gasteiger partial charge in [0, 0.05) is 29.8 Å². The first-order chi connectivity index (χ1) is 12.7. The second-order valence-electron chi connectivity index (χ2n) is 5.76. The number of hydrogen-bond donors (Lipinski definition) is 1. The zero-order valence-corrected chi connectivity index (χ0v) is 15.1. The van der Waals surface area contributed by atoms with Crippen LogP contribution in [-0.2, 0) is 11.2 Å². The Balaban J connectivity index is 1.38. The molecule has 1 heterocycles. The van der Waals surface area contributed by atoms with Crippen LogP contribution < -0.4 is 5.32 Å². The van der Waals surface area contributed by atoms with Gasteiger partial charge in [-0.2, -0.15) is 5.10 Å². The van der Waals surface area contributed by atoms with Crippen LogP contribution in [0.1, 0.15) is 12.0 Å². The number of amides is 1. The standard InChI is InChI=1S/C20H20FN3OS/c21-18-8-4-5-9-19(18)26-13-11-20(25)22-12-10-16-14-23-24(15-16)17-6-2-1-3-7-17/h1-9,14-15H,10-13H2,(H,22,25). The molecule has 1 amide bonds. The van der Waals surface area contributed by atoms with Gasteiger partial charge in [-0.05, 0) is 36.2 Å². The number of carbonyl (C=O) groups is 1. The Bertz CT molecular complexity index is 851. The molecule has 0 atom stereocenters. The number of nitrogens with zero attached hydrogens (tertiary/aromatic N) is 2. The number of benzene rings is 2. The second-order valence-corrected chi connectivity index (χ2v) is 6.89. The average Bonchev–Trinajstić information content (AvgIpc) is 3.13. The number of carbonyl (C=O) groups excluding carboxylic acids is 1. The lowest BCUT2D eigenvalue weighted by molar-refractivity contribution is -0.120. The van der Waals surface area contributed by atoms with E-state index in [4.69, 9.17) is 0 Å². The first-order valence-electron chi connectivity index (χ1n) is 8.45. The lowest BCUT2D eigenvalue weighted by atomic mass is 10.2. The smallest absolute Gasteiger partial charge is 0.220 e. The minimum absolute atomic E-state index is 0.0238. The number of hydrogen-bond acceptors (Lipinski definition) is 3. The van der Waals surface area contributed by atoms with Gasteiger partial charge in [-0.15, -0.1) is 11.8 Å². The van der Waals surface area contributed by atoms with Crippen LogP contribution in [-0.4, -0.2) is 28.0 Å². The summed E-state index contributed by atoms with van der Waals surface area (Å²) >= 11 is 1.36. The van der Waals surface area contributed by atoms with Gasteiger partial charge in [0.05, 0.1) is 11.9 Å². The van der Waals surface area contributed by atoms with E-state index in [1.807, 2.05) is 47.4 Å². The largest absolute Gasteiger partial charge is 0.356 e. The van der Waals surface area contributed by atoms with Crippen molar-refractivity contribution in [2.24, 2.45) is 0 Å². The molecule has 0 aliphatic rings. The molecular formula is C20H20FN3OS. The molecule has 0 unspecified atom stereocenters. The van der Waals surface area contributed by atoms with Crippen molar-refractivity contribution in [2.45, 2.75) is 17.7 Å². The summed E-state index contributed by atoms with van der Waals surface area (Å²) in [6.45, 7) is 0.559. The van der Waals surface area contributed by atoms with Crippen LogP contribution in [0.3, 0.4) is 0 Å². The summed E-state index contributed by atoms with van der Waals surface area (Å²) in [4.78, 5) is 12.5. The maximum Gasteiger partial charge on any atom is 0.220 e. The molecule has 0 aliphatic heterocycles. The molecule has 0 fully saturated rings. The van der Waals surface area contributed by atoms with Gasteiger partial charge in [-0.3, -0.25) is 4.79 Å². The average molecular weight is 369 g/mol. The lowest BCUT2D eigenvalue weighted by Crippen LogP contribution is -2.25. The summed E-state index contributed by atoms with van der Waals surface area (Å²) in [5.41, 5.74) is 2.07. The van der Waals surface area contributed by atoms with Crippen LogP contribution in [0.25, 0.3) is 5.69 Å². The van der Waals surface area contributed by atoms with Crippen LogP contribution in [0.4, 0.5) is 4.39 Å². The van der Waals surface area contributed by atoms with Crippen molar-refractivity contribution in [3.63, 3.8) is 0 Å². The van der Waals surface area contributed by atoms with Gasteiger partial charge in [-0.1, -0.05) is 30.3 Å². The summed E-state index contributed by atoms with van der Waals surface area (Å²) in [5.74, 6) is 0.288. The predicted molar refractivity (Wildman–Crippen MR) is 102 cm³/mol. The van der Waals surface area contributed by atoms with Crippen molar-refractivity contribution in [2.75, 3.05) is 12.3 Å². The first-order valence-corrected chi connectivity index (χ1v) is 9.44. The quantitative estimate of drug-likeness (QED) is 0.614. The van der Waals surface area contributed by atoms with Crippen molar-refractivity contribution < 1.29 is 9.18 Å². The predicted octanol–water partition coefficient (Wildman–Crippen LogP) is 3.85. The molecule has 6 heteroatoms. The molecule has 3 rings (SSSR count). The fraction of sp³-hybridized carbons (Fsp3) is 0.200. The summed E-state index contributed by atoms with van der Waals surface area (Å²) in [5, 5.41) is 7.24. The van der Waals surface area contributed by atoms with Crippen molar-refractivity contribution in [3.8, 4) is 5.69 Å². The SMILES string of the molecule is O=C(CCSc1ccccc1F)NCCc1cnn(-c2ccccc2)c1. The molecule has 0 saturated carbocycles. The van der Waals surface area contributed by atoms with Crippen molar-refractivity contribution in [1.82, 2.24) is 15.1 Å². The third-order valence-corrected chi connectivity index (χ3v) is 4.87. The molecule has 0 saturated heterocycles. The minimum Gasteiger partial charge on any atom is -0.356 e. The number of thioether (sulfide) groups is 1. The van der Waals surface area contributed by atoms with E-state index in [1.165, 1.54) is 17.8 Å². The van der Waals surface area contributed by atoms with Crippen LogP contribution >= 0.6 is 11.8 Å². The van der Waals surface area contributed by atoms with Gasteiger partial charge in [0.15, 0.2) is 0 Å². The fourth-order valence-electron chi connectivity index (χ4n) is 2.46. The van der Waals surface area contributed by atoms with E-state index in [-0.39, 0.29) is 11.7 Å². The summed E-state index contributed by atoms with van der Waals surface area (Å²) in [6.07, 6.45) is 4.87. The van der Waals surface area contributed by atoms with Crippen molar-refractivity contribution >= 4 is 17.7 Å². The molecule has 1 N–H and O–H groups in total. The van der Waals surface area contributed by atoms with E-state index in [1.54, 1.807) is 18.2 Å². The number of rotatable bonds is 8. The number of halogens is 1. The number of aromatic nitrogens is 2. The van der Waals surface area contributed by atoms with Gasteiger partial charge < -0.3 is 5.32 Å². The Kier molecular flexibility index (Phi) is 6.44. The van der Waals surface area contributed by atoms with Gasteiger partial charge in [0.1, 0.15) is 5.82 Å². The molecule has 0 spiro atoms. The Labute approximate surface area is 156 Å². The molecule has 2 aromatic carbocycles. The number of para-hydroxylation sites is 1. The zero-order valence-electron chi connectivity index (χ0n) is 14.3. The topological polar surface area (TPSA) is 46.9 Å². The maximum absolute atomic E-state index is 13.5. The highest BCUT2D eigenvalue weighted by Gasteiger charge is 2.06. The van der Waals surface area contributed by atoms with Gasteiger partial charge in [0.25, 0.3) is 0 Å². The molecule has 4 nitrogen and oxygen atoms in total. The fourth-order valence-corrected chi connectivity index (χ4v) is 3.35. The Morgan fingerprint density at radius 3 is 2.69 bits per heavy atom. The maximum atomic E-state index is 13.5. The molecule has 0 radical (unpaired) electrons. The highest BCUT2D eigenvalue weighted by Crippen LogP contribution is 2.21. The van der Waals surface area contributed by atoms with Gasteiger partial charge in [-0.25, -0.2) is 9.07 Å². The van der Waals surface area contributed by atoms with Crippen molar-refractivity contribution in [3.05, 3.63) is 78.4 Å². The molecule has 134 valence electrons. The first kappa shape index (κ1) is 18.2. The third-order valence-electron chi connectivity index (χ3n) is 3.82. The molecular weight excluding hydrogens is 349 g/mol. The van der Waals surface area contributed by atoms with Crippen LogP contribution in [0, 0.1) is 5.82 Å². The Hall–Kier alpha value is -2.60. The summed E-state index contributed by atoms with van der Waals surface area (Å²) < 4.78 is 15.3. The summed E-state index contributed by atoms with van der Waals surface area (Å²) in [6, 6.07) is 16.5. The van der Waals surface area contributed by atoms with E-state index in [0.717, 1.165) is 17.7 Å². The molecule has 3 aromatic rings. The molecule has 26 heavy (non-hydrogen) atoms. The minimum atomic E-state index is -0.242. The third kappa shape index (κ3) is 5.20.